The van der Waals surface area contributed by atoms with Crippen LogP contribution >= 0.6 is 0 Å². The summed E-state index contributed by atoms with van der Waals surface area (Å²) in [5.74, 6) is 0. The molecule has 0 aliphatic carbocycles. The molecule has 0 aromatic heterocycles. The van der Waals surface area contributed by atoms with Crippen molar-refractivity contribution in [2.75, 3.05) is 20.2 Å². The molecule has 0 saturated heterocycles. The quantitative estimate of drug-likeness (QED) is 0.397. The lowest BCUT2D eigenvalue weighted by Crippen LogP contribution is -2.01. The summed E-state index contributed by atoms with van der Waals surface area (Å²) in [6.07, 6.45) is 5.64. The Morgan fingerprint density at radius 1 is 1.00 bits per heavy atom. The fourth-order valence-corrected chi connectivity index (χ4v) is 0.886. The van der Waals surface area contributed by atoms with Gasteiger partial charge in [0, 0.05) is 6.61 Å². The minimum absolute atomic E-state index is 0.138. The Hall–Kier alpha value is -0.120. The summed E-state index contributed by atoms with van der Waals surface area (Å²) in [6.45, 7) is 4.07. The topological polar surface area (TPSA) is 38.4 Å². The summed E-state index contributed by atoms with van der Waals surface area (Å²) in [5.41, 5.74) is 0. The third-order valence-corrected chi connectivity index (χ3v) is 1.54. The maximum absolute atomic E-state index is 9.79. The molecule has 0 saturated carbocycles. The summed E-state index contributed by atoms with van der Waals surface area (Å²) < 4.78 is 9.49. The Morgan fingerprint density at radius 3 is 2.42 bits per heavy atom. The minimum Gasteiger partial charge on any atom is -0.355 e. The van der Waals surface area contributed by atoms with Gasteiger partial charge in [0.05, 0.1) is 0 Å². The van der Waals surface area contributed by atoms with Crippen LogP contribution in [0.3, 0.4) is 0 Å². The van der Waals surface area contributed by atoms with Gasteiger partial charge in [0.15, 0.2) is 6.79 Å². The molecule has 0 bridgehead atoms. The van der Waals surface area contributed by atoms with Crippen molar-refractivity contribution in [3.63, 3.8) is 0 Å². The lowest BCUT2D eigenvalue weighted by molar-refractivity contribution is -0.129. The van der Waals surface area contributed by atoms with E-state index >= 15 is 0 Å². The maximum atomic E-state index is 9.79. The third kappa shape index (κ3) is 9.88. The molecular weight excluding hydrogens is 156 g/mol. The molecule has 0 unspecified atom stereocenters. The lowest BCUT2D eigenvalue weighted by Gasteiger charge is -2.02. The van der Waals surface area contributed by atoms with Crippen LogP contribution in [0.15, 0.2) is 0 Å². The van der Waals surface area contributed by atoms with Crippen LogP contribution in [0.4, 0.5) is 0 Å². The Balaban J connectivity index is 2.73. The zero-order valence-electron chi connectivity index (χ0n) is 7.59. The molecule has 0 aliphatic rings. The van der Waals surface area contributed by atoms with E-state index in [4.69, 9.17) is 4.74 Å². The van der Waals surface area contributed by atoms with E-state index in [-0.39, 0.29) is 6.79 Å². The van der Waals surface area contributed by atoms with Gasteiger partial charge in [0.2, 0.25) is 0 Å². The average Bonchev–Trinajstić information content (AvgIpc) is 2.10. The molecule has 0 aliphatic heterocycles. The molecule has 72 valence electrons. The molecule has 0 aromatic carbocycles. The van der Waals surface area contributed by atoms with Crippen LogP contribution in [-0.4, -0.2) is 20.2 Å². The molecule has 0 atom stereocenters. The van der Waals surface area contributed by atoms with Crippen LogP contribution in [0.25, 0.3) is 0 Å². The van der Waals surface area contributed by atoms with Crippen molar-refractivity contribution >= 4 is 0 Å². The zero-order valence-corrected chi connectivity index (χ0v) is 7.59. The van der Waals surface area contributed by atoms with Crippen molar-refractivity contribution < 1.29 is 14.6 Å². The van der Waals surface area contributed by atoms with Gasteiger partial charge in [-0.2, -0.15) is 0 Å². The lowest BCUT2D eigenvalue weighted by atomic mass is 10.2. The molecule has 12 heavy (non-hydrogen) atoms. The molecule has 3 heteroatoms. The number of rotatable bonds is 9. The van der Waals surface area contributed by atoms with Gasteiger partial charge in [-0.3, -0.25) is 0 Å². The van der Waals surface area contributed by atoms with E-state index < -0.39 is 6.79 Å². The second kappa shape index (κ2) is 10.9. The molecule has 0 N–H and O–H groups in total. The van der Waals surface area contributed by atoms with Crippen LogP contribution in [0.1, 0.15) is 32.1 Å². The fraction of sp³-hybridized carbons (Fsp3) is 0.889. The first-order valence-electron chi connectivity index (χ1n) is 4.44. The summed E-state index contributed by atoms with van der Waals surface area (Å²) in [7, 11) is 0. The highest BCUT2D eigenvalue weighted by molar-refractivity contribution is 4.44. The highest BCUT2D eigenvalue weighted by atomic mass is 16.7. The van der Waals surface area contributed by atoms with Gasteiger partial charge in [0.1, 0.15) is 6.79 Å². The SMILES string of the molecule is [CH2]CCCCCCOCOC[O]. The minimum atomic E-state index is -0.512. The van der Waals surface area contributed by atoms with Gasteiger partial charge in [-0.05, 0) is 6.42 Å². The van der Waals surface area contributed by atoms with E-state index in [1.807, 2.05) is 0 Å². The van der Waals surface area contributed by atoms with Crippen molar-refractivity contribution in [2.45, 2.75) is 32.1 Å². The zero-order chi connectivity index (χ0) is 9.07. The van der Waals surface area contributed by atoms with E-state index in [0.29, 0.717) is 6.61 Å². The van der Waals surface area contributed by atoms with Gasteiger partial charge in [-0.15, -0.1) is 0 Å². The summed E-state index contributed by atoms with van der Waals surface area (Å²) >= 11 is 0. The molecule has 0 spiro atoms. The Kier molecular flexibility index (Phi) is 10.8. The van der Waals surface area contributed by atoms with Crippen molar-refractivity contribution in [1.29, 1.82) is 0 Å². The predicted octanol–water partition coefficient (Wildman–Crippen LogP) is 2.15. The van der Waals surface area contributed by atoms with Crippen molar-refractivity contribution in [3.8, 4) is 0 Å². The second-order valence-corrected chi connectivity index (χ2v) is 2.62. The van der Waals surface area contributed by atoms with Gasteiger partial charge in [-0.25, -0.2) is 5.11 Å². The number of hydrogen-bond donors (Lipinski definition) is 0. The number of unbranched alkanes of at least 4 members (excludes halogenated alkanes) is 4. The smallest absolute Gasteiger partial charge is 0.183 e. The Labute approximate surface area is 74.7 Å². The molecule has 3 nitrogen and oxygen atoms in total. The predicted molar refractivity (Wildman–Crippen MR) is 45.9 cm³/mol. The van der Waals surface area contributed by atoms with E-state index in [1.165, 1.54) is 19.3 Å². The highest BCUT2D eigenvalue weighted by Crippen LogP contribution is 2.01. The Bertz CT molecular complexity index is 66.2. The summed E-state index contributed by atoms with van der Waals surface area (Å²) in [6, 6.07) is 0. The van der Waals surface area contributed by atoms with Crippen LogP contribution in [0, 0.1) is 6.92 Å². The van der Waals surface area contributed by atoms with Gasteiger partial charge in [-0.1, -0.05) is 32.6 Å². The number of ether oxygens (including phenoxy) is 2. The molecule has 2 radical (unpaired) electrons. The van der Waals surface area contributed by atoms with E-state index in [0.717, 1.165) is 12.8 Å². The van der Waals surface area contributed by atoms with Crippen LogP contribution in [-0.2, 0) is 14.6 Å². The van der Waals surface area contributed by atoms with Crippen molar-refractivity contribution in [1.82, 2.24) is 0 Å². The van der Waals surface area contributed by atoms with Gasteiger partial charge >= 0.3 is 0 Å². The van der Waals surface area contributed by atoms with Crippen molar-refractivity contribution in [3.05, 3.63) is 6.92 Å². The van der Waals surface area contributed by atoms with E-state index in [2.05, 4.69) is 11.7 Å². The molecule has 0 rings (SSSR count). The van der Waals surface area contributed by atoms with Gasteiger partial charge < -0.3 is 9.47 Å². The second-order valence-electron chi connectivity index (χ2n) is 2.62. The maximum Gasteiger partial charge on any atom is 0.183 e. The molecule has 0 amide bonds. The summed E-state index contributed by atoms with van der Waals surface area (Å²) in [4.78, 5) is 0. The monoisotopic (exact) mass is 174 g/mol. The molecule has 0 aromatic rings. The standard InChI is InChI=1S/C9H18O3/c1-2-3-4-5-6-7-11-9-12-8-10/h1-9H2. The fourth-order valence-electron chi connectivity index (χ4n) is 0.886. The number of hydrogen-bond acceptors (Lipinski definition) is 2. The molecule has 0 heterocycles. The first kappa shape index (κ1) is 11.9. The van der Waals surface area contributed by atoms with Crippen molar-refractivity contribution in [2.24, 2.45) is 0 Å². The molecule has 0 fully saturated rings. The van der Waals surface area contributed by atoms with Crippen LogP contribution in [0.5, 0.6) is 0 Å². The first-order chi connectivity index (χ1) is 5.91. The summed E-state index contributed by atoms with van der Waals surface area (Å²) in [5, 5.41) is 9.79. The first-order valence-corrected chi connectivity index (χ1v) is 4.44. The third-order valence-electron chi connectivity index (χ3n) is 1.54. The van der Waals surface area contributed by atoms with Crippen LogP contribution in [0.2, 0.25) is 0 Å². The van der Waals surface area contributed by atoms with E-state index in [9.17, 15) is 5.11 Å². The van der Waals surface area contributed by atoms with Crippen LogP contribution < -0.4 is 0 Å². The van der Waals surface area contributed by atoms with Gasteiger partial charge in [0.25, 0.3) is 0 Å². The average molecular weight is 174 g/mol. The van der Waals surface area contributed by atoms with E-state index in [1.54, 1.807) is 0 Å². The Morgan fingerprint density at radius 2 is 1.75 bits per heavy atom. The largest absolute Gasteiger partial charge is 0.355 e. The highest BCUT2D eigenvalue weighted by Gasteiger charge is 1.89. The molecular formula is C9H18O3. The normalized spacial score (nSPS) is 10.5.